The summed E-state index contributed by atoms with van der Waals surface area (Å²) >= 11 is 0. The van der Waals surface area contributed by atoms with Crippen LogP contribution in [-0.2, 0) is 0 Å². The topological polar surface area (TPSA) is 12.0 Å². The van der Waals surface area contributed by atoms with E-state index in [1.54, 1.807) is 0 Å². The van der Waals surface area contributed by atoms with Gasteiger partial charge in [-0.2, -0.15) is 0 Å². The van der Waals surface area contributed by atoms with Crippen LogP contribution in [0.15, 0.2) is 36.1 Å². The second kappa shape index (κ2) is 33.6. The van der Waals surface area contributed by atoms with E-state index in [1.807, 2.05) is 55.5 Å². The molecule has 0 aromatic heterocycles. The molecular weight excluding hydrogens is 290 g/mol. The Morgan fingerprint density at radius 2 is 1.33 bits per heavy atom. The average molecular weight is 342 g/mol. The molecule has 1 N–H and O–H groups in total. The van der Waals surface area contributed by atoms with Crippen molar-refractivity contribution in [3.8, 4) is 0 Å². The van der Waals surface area contributed by atoms with Crippen molar-refractivity contribution >= 4 is 0 Å². The van der Waals surface area contributed by atoms with Crippen LogP contribution in [0.4, 0.5) is 0 Å². The monoisotopic (exact) mass is 341 g/mol. The largest absolute Gasteiger partial charge is 0.388 e. The highest BCUT2D eigenvalue weighted by Crippen LogP contribution is 2.24. The van der Waals surface area contributed by atoms with Gasteiger partial charge in [-0.3, -0.25) is 0 Å². The molecule has 1 heteroatoms. The smallest absolute Gasteiger partial charge is 0.0288 e. The highest BCUT2D eigenvalue weighted by atomic mass is 14.8. The Morgan fingerprint density at radius 1 is 1.00 bits per heavy atom. The van der Waals surface area contributed by atoms with E-state index in [2.05, 4.69) is 52.2 Å². The lowest BCUT2D eigenvalue weighted by Gasteiger charge is -2.18. The maximum atomic E-state index is 3.66. The maximum absolute atomic E-state index is 3.66. The molecule has 0 unspecified atom stereocenters. The quantitative estimate of drug-likeness (QED) is 0.400. The number of rotatable bonds is 3. The second-order valence-electron chi connectivity index (χ2n) is 5.03. The molecule has 1 nitrogen and oxygen atoms in total. The lowest BCUT2D eigenvalue weighted by Crippen LogP contribution is -2.04. The Balaban J connectivity index is -0.0000000652. The molecule has 0 heterocycles. The SMILES string of the molecule is C/C=C(\C)CC.C=C(C)C(=C)NC.CC.CC.CC.CC1CCC1. The fourth-order valence-corrected chi connectivity index (χ4v) is 1.03. The van der Waals surface area contributed by atoms with Crippen LogP contribution >= 0.6 is 0 Å². The zero-order valence-electron chi connectivity index (χ0n) is 19.4. The lowest BCUT2D eigenvalue weighted by atomic mass is 9.88. The molecule has 0 aromatic rings. The Morgan fingerprint density at radius 3 is 1.33 bits per heavy atom. The molecule has 1 fully saturated rings. The van der Waals surface area contributed by atoms with Gasteiger partial charge in [-0.1, -0.05) is 99.5 Å². The van der Waals surface area contributed by atoms with Crippen LogP contribution in [0.3, 0.4) is 0 Å². The summed E-state index contributed by atoms with van der Waals surface area (Å²) in [5.41, 5.74) is 3.36. The molecule has 1 rings (SSSR count). The molecule has 24 heavy (non-hydrogen) atoms. The van der Waals surface area contributed by atoms with Gasteiger partial charge in [-0.15, -0.1) is 0 Å². The number of hydrogen-bond acceptors (Lipinski definition) is 1. The summed E-state index contributed by atoms with van der Waals surface area (Å²) in [5.74, 6) is 1.06. The third kappa shape index (κ3) is 37.3. The van der Waals surface area contributed by atoms with E-state index < -0.39 is 0 Å². The van der Waals surface area contributed by atoms with Crippen molar-refractivity contribution in [3.05, 3.63) is 36.1 Å². The van der Waals surface area contributed by atoms with E-state index in [-0.39, 0.29) is 0 Å². The number of nitrogens with one attached hydrogen (secondary N) is 1. The minimum atomic E-state index is 0.903. The number of likely N-dealkylation sites (N-methyl/N-ethyl adjacent to an activating group) is 1. The van der Waals surface area contributed by atoms with Crippen LogP contribution in [0.2, 0.25) is 0 Å². The van der Waals surface area contributed by atoms with E-state index in [0.29, 0.717) is 0 Å². The van der Waals surface area contributed by atoms with Crippen LogP contribution in [0.25, 0.3) is 0 Å². The molecule has 1 saturated carbocycles. The third-order valence-electron chi connectivity index (χ3n) is 3.26. The summed E-state index contributed by atoms with van der Waals surface area (Å²) in [6, 6.07) is 0. The summed E-state index contributed by atoms with van der Waals surface area (Å²) in [6.07, 6.45) is 7.79. The van der Waals surface area contributed by atoms with E-state index in [9.17, 15) is 0 Å². The minimum Gasteiger partial charge on any atom is -0.388 e. The summed E-state index contributed by atoms with van der Waals surface area (Å²) in [6.45, 7) is 29.9. The molecule has 148 valence electrons. The molecule has 0 spiro atoms. The molecular formula is C23H51N. The van der Waals surface area contributed by atoms with Crippen LogP contribution in [0.5, 0.6) is 0 Å². The first-order valence-electron chi connectivity index (χ1n) is 10.0. The Hall–Kier alpha value is -0.980. The van der Waals surface area contributed by atoms with Gasteiger partial charge >= 0.3 is 0 Å². The first kappa shape index (κ1) is 34.4. The van der Waals surface area contributed by atoms with E-state index in [1.165, 1.54) is 31.3 Å². The zero-order valence-corrected chi connectivity index (χ0v) is 19.4. The standard InChI is InChI=1S/C6H11N.C6H12.C5H10.3C2H6/c1-5(2)6(3)7-4;1-4-6(3)5-2;1-5-3-2-4-5;3*1-2/h7H,1,3H2,2,4H3;4H,5H2,1-3H3;5H,2-4H2,1H3;3*1-2H3/b;6-4+;;;;. The van der Waals surface area contributed by atoms with Crippen LogP contribution < -0.4 is 5.32 Å². The predicted octanol–water partition coefficient (Wildman–Crippen LogP) is 8.54. The lowest BCUT2D eigenvalue weighted by molar-refractivity contribution is 0.346. The van der Waals surface area contributed by atoms with Crippen molar-refractivity contribution in [3.63, 3.8) is 0 Å². The molecule has 0 saturated heterocycles. The summed E-state index contributed by atoms with van der Waals surface area (Å²) in [5, 5.41) is 2.87. The normalized spacial score (nSPS) is 11.4. The predicted molar refractivity (Wildman–Crippen MR) is 120 cm³/mol. The highest BCUT2D eigenvalue weighted by molar-refractivity contribution is 5.19. The first-order chi connectivity index (χ1) is 11.4. The zero-order chi connectivity index (χ0) is 20.6. The van der Waals surface area contributed by atoms with E-state index in [0.717, 1.165) is 17.2 Å². The van der Waals surface area contributed by atoms with Gasteiger partial charge in [-0.25, -0.2) is 0 Å². The van der Waals surface area contributed by atoms with Gasteiger partial charge in [0.15, 0.2) is 0 Å². The van der Waals surface area contributed by atoms with Crippen LogP contribution in [0.1, 0.15) is 102 Å². The Kier molecular flexibility index (Phi) is 48.1. The molecule has 0 aromatic carbocycles. The van der Waals surface area contributed by atoms with Gasteiger partial charge in [0.25, 0.3) is 0 Å². The van der Waals surface area contributed by atoms with Crippen molar-refractivity contribution in [2.24, 2.45) is 5.92 Å². The molecule has 1 aliphatic carbocycles. The maximum Gasteiger partial charge on any atom is 0.0288 e. The van der Waals surface area contributed by atoms with Crippen molar-refractivity contribution in [1.29, 1.82) is 0 Å². The van der Waals surface area contributed by atoms with Crippen molar-refractivity contribution < 1.29 is 0 Å². The van der Waals surface area contributed by atoms with Gasteiger partial charge in [0, 0.05) is 12.7 Å². The first-order valence-corrected chi connectivity index (χ1v) is 10.0. The van der Waals surface area contributed by atoms with Crippen molar-refractivity contribution in [2.75, 3.05) is 7.05 Å². The van der Waals surface area contributed by atoms with Crippen molar-refractivity contribution in [2.45, 2.75) is 102 Å². The van der Waals surface area contributed by atoms with Gasteiger partial charge in [0.05, 0.1) is 0 Å². The van der Waals surface area contributed by atoms with E-state index in [4.69, 9.17) is 0 Å². The molecule has 0 amide bonds. The fourth-order valence-electron chi connectivity index (χ4n) is 1.03. The summed E-state index contributed by atoms with van der Waals surface area (Å²) in [7, 11) is 1.83. The highest BCUT2D eigenvalue weighted by Gasteiger charge is 2.09. The van der Waals surface area contributed by atoms with E-state index >= 15 is 0 Å². The number of allylic oxidation sites excluding steroid dienone is 3. The third-order valence-corrected chi connectivity index (χ3v) is 3.26. The number of hydrogen-bond donors (Lipinski definition) is 1. The van der Waals surface area contributed by atoms with Gasteiger partial charge in [0.1, 0.15) is 0 Å². The molecule has 0 radical (unpaired) electrons. The molecule has 1 aliphatic rings. The van der Waals surface area contributed by atoms with Crippen LogP contribution in [0, 0.1) is 5.92 Å². The molecule has 0 bridgehead atoms. The average Bonchev–Trinajstić information content (AvgIpc) is 2.64. The van der Waals surface area contributed by atoms with Gasteiger partial charge < -0.3 is 5.32 Å². The second-order valence-corrected chi connectivity index (χ2v) is 5.03. The van der Waals surface area contributed by atoms with Crippen LogP contribution in [-0.4, -0.2) is 7.05 Å². The van der Waals surface area contributed by atoms with Crippen molar-refractivity contribution in [1.82, 2.24) is 5.32 Å². The molecule has 0 atom stereocenters. The fraction of sp³-hybridized carbons (Fsp3) is 0.739. The minimum absolute atomic E-state index is 0.903. The summed E-state index contributed by atoms with van der Waals surface area (Å²) < 4.78 is 0. The summed E-state index contributed by atoms with van der Waals surface area (Å²) in [4.78, 5) is 0. The Bertz CT molecular complexity index is 257. The van der Waals surface area contributed by atoms with Gasteiger partial charge in [0.2, 0.25) is 0 Å². The molecule has 0 aliphatic heterocycles. The Labute approximate surface area is 156 Å². The van der Waals surface area contributed by atoms with Gasteiger partial charge in [-0.05, 0) is 38.7 Å².